The average molecular weight is 632 g/mol. The Bertz CT molecular complexity index is 1760. The first kappa shape index (κ1) is 30.7. The van der Waals surface area contributed by atoms with Gasteiger partial charge in [0.25, 0.3) is 11.8 Å². The summed E-state index contributed by atoms with van der Waals surface area (Å²) >= 11 is 12.4. The number of hydrogen-bond acceptors (Lipinski definition) is 6. The Morgan fingerprint density at radius 3 is 2.20 bits per heavy atom. The normalized spacial score (nSPS) is 14.0. The fourth-order valence-corrected chi connectivity index (χ4v) is 4.89. The van der Waals surface area contributed by atoms with E-state index in [1.54, 1.807) is 37.3 Å². The smallest absolute Gasteiger partial charge is 0.335 e. The third kappa shape index (κ3) is 7.05. The van der Waals surface area contributed by atoms with Crippen LogP contribution in [0.2, 0.25) is 10.0 Å². The van der Waals surface area contributed by atoms with Gasteiger partial charge in [-0.15, -0.1) is 0 Å². The van der Waals surface area contributed by atoms with Gasteiger partial charge in [-0.3, -0.25) is 14.9 Å². The Morgan fingerprint density at radius 1 is 0.750 bits per heavy atom. The van der Waals surface area contributed by atoms with E-state index >= 15 is 0 Å². The lowest BCUT2D eigenvalue weighted by atomic mass is 10.0. The van der Waals surface area contributed by atoms with Crippen molar-refractivity contribution < 1.29 is 28.6 Å². The van der Waals surface area contributed by atoms with Crippen LogP contribution in [0.25, 0.3) is 6.08 Å². The summed E-state index contributed by atoms with van der Waals surface area (Å²) in [7, 11) is 0. The molecular formula is C34H28Cl2N2O6. The summed E-state index contributed by atoms with van der Waals surface area (Å²) in [5.74, 6) is -0.0928. The molecule has 0 unspecified atom stereocenters. The Labute approximate surface area is 264 Å². The van der Waals surface area contributed by atoms with E-state index in [0.717, 1.165) is 16.0 Å². The molecule has 0 spiro atoms. The number of aryl methyl sites for hydroxylation is 1. The first-order valence-corrected chi connectivity index (χ1v) is 14.5. The molecule has 4 aromatic carbocycles. The van der Waals surface area contributed by atoms with E-state index < -0.39 is 17.8 Å². The number of benzene rings is 4. The van der Waals surface area contributed by atoms with Crippen LogP contribution in [-0.4, -0.2) is 24.5 Å². The molecule has 1 saturated heterocycles. The SMILES string of the molecule is CCOc1cc(COc2ccc(Cl)cc2/C=C2\C(=O)NC(=O)N(c3cc(Cl)ccc3C)C2=O)ccc1OCc1ccccc1. The standard InChI is InChI=1S/C34H28Cl2N2O6/c1-3-42-31-15-23(10-13-30(31)44-19-22-7-5-4-6-8-22)20-43-29-14-12-25(35)16-24(29)17-27-32(39)37-34(41)38(33(27)40)28-18-26(36)11-9-21(28)2/h4-18H,3,19-20H2,1-2H3,(H,37,39,41)/b27-17+. The summed E-state index contributed by atoms with van der Waals surface area (Å²) in [5.41, 5.74) is 2.83. The van der Waals surface area contributed by atoms with Crippen LogP contribution in [0.15, 0.2) is 90.5 Å². The van der Waals surface area contributed by atoms with Gasteiger partial charge in [0, 0.05) is 15.6 Å². The van der Waals surface area contributed by atoms with E-state index in [0.29, 0.717) is 51.6 Å². The number of rotatable bonds is 10. The summed E-state index contributed by atoms with van der Waals surface area (Å²) in [4.78, 5) is 39.9. The van der Waals surface area contributed by atoms with Gasteiger partial charge in [-0.05, 0) is 79.1 Å². The van der Waals surface area contributed by atoms with Crippen LogP contribution in [0.3, 0.4) is 0 Å². The monoisotopic (exact) mass is 630 g/mol. The van der Waals surface area contributed by atoms with E-state index in [-0.39, 0.29) is 17.9 Å². The Balaban J connectivity index is 1.38. The van der Waals surface area contributed by atoms with Gasteiger partial charge < -0.3 is 14.2 Å². The number of nitrogens with zero attached hydrogens (tertiary/aromatic N) is 1. The molecular weight excluding hydrogens is 603 g/mol. The summed E-state index contributed by atoms with van der Waals surface area (Å²) in [5, 5.41) is 2.93. The first-order valence-electron chi connectivity index (χ1n) is 13.8. The summed E-state index contributed by atoms with van der Waals surface area (Å²) in [6, 6.07) is 24.2. The molecule has 0 atom stereocenters. The van der Waals surface area contributed by atoms with E-state index in [4.69, 9.17) is 37.4 Å². The van der Waals surface area contributed by atoms with Crippen molar-refractivity contribution in [2.75, 3.05) is 11.5 Å². The molecule has 4 amide bonds. The highest BCUT2D eigenvalue weighted by molar-refractivity contribution is 6.40. The molecule has 1 N–H and O–H groups in total. The summed E-state index contributed by atoms with van der Waals surface area (Å²) in [6.07, 6.45) is 1.35. The molecule has 1 heterocycles. The third-order valence-electron chi connectivity index (χ3n) is 6.72. The van der Waals surface area contributed by atoms with Crippen molar-refractivity contribution in [3.63, 3.8) is 0 Å². The van der Waals surface area contributed by atoms with Crippen LogP contribution in [0.1, 0.15) is 29.2 Å². The van der Waals surface area contributed by atoms with Crippen LogP contribution in [0.4, 0.5) is 10.5 Å². The minimum Gasteiger partial charge on any atom is -0.490 e. The number of imide groups is 2. The van der Waals surface area contributed by atoms with E-state index in [1.807, 2.05) is 55.5 Å². The lowest BCUT2D eigenvalue weighted by Gasteiger charge is -2.27. The molecule has 0 aliphatic carbocycles. The molecule has 0 radical (unpaired) electrons. The number of amides is 4. The van der Waals surface area contributed by atoms with Crippen molar-refractivity contribution in [3.05, 3.63) is 123 Å². The van der Waals surface area contributed by atoms with Crippen molar-refractivity contribution in [3.8, 4) is 17.2 Å². The highest BCUT2D eigenvalue weighted by Gasteiger charge is 2.37. The molecule has 1 fully saturated rings. The van der Waals surface area contributed by atoms with Crippen LogP contribution in [0.5, 0.6) is 17.2 Å². The second-order valence-electron chi connectivity index (χ2n) is 9.85. The second-order valence-corrected chi connectivity index (χ2v) is 10.7. The van der Waals surface area contributed by atoms with Gasteiger partial charge in [0.2, 0.25) is 0 Å². The van der Waals surface area contributed by atoms with Crippen molar-refractivity contribution in [1.82, 2.24) is 5.32 Å². The average Bonchev–Trinajstić information content (AvgIpc) is 3.00. The molecule has 224 valence electrons. The summed E-state index contributed by atoms with van der Waals surface area (Å²) in [6.45, 7) is 4.61. The fraction of sp³-hybridized carbons (Fsp3) is 0.147. The molecule has 0 bridgehead atoms. The number of halogens is 2. The third-order valence-corrected chi connectivity index (χ3v) is 7.20. The lowest BCUT2D eigenvalue weighted by Crippen LogP contribution is -2.54. The van der Waals surface area contributed by atoms with E-state index in [9.17, 15) is 14.4 Å². The van der Waals surface area contributed by atoms with E-state index in [1.165, 1.54) is 12.1 Å². The van der Waals surface area contributed by atoms with Crippen LogP contribution < -0.4 is 24.4 Å². The quantitative estimate of drug-likeness (QED) is 0.144. The van der Waals surface area contributed by atoms with Gasteiger partial charge in [-0.2, -0.15) is 0 Å². The molecule has 8 nitrogen and oxygen atoms in total. The highest BCUT2D eigenvalue weighted by atomic mass is 35.5. The van der Waals surface area contributed by atoms with Crippen molar-refractivity contribution in [2.24, 2.45) is 0 Å². The van der Waals surface area contributed by atoms with Gasteiger partial charge in [0.15, 0.2) is 11.5 Å². The number of hydrogen-bond donors (Lipinski definition) is 1. The van der Waals surface area contributed by atoms with Crippen molar-refractivity contribution in [2.45, 2.75) is 27.1 Å². The zero-order valence-corrected chi connectivity index (χ0v) is 25.4. The molecule has 1 aliphatic heterocycles. The Kier molecular flexibility index (Phi) is 9.53. The van der Waals surface area contributed by atoms with E-state index in [2.05, 4.69) is 5.32 Å². The Hall–Kier alpha value is -4.79. The predicted octanol–water partition coefficient (Wildman–Crippen LogP) is 7.52. The largest absolute Gasteiger partial charge is 0.490 e. The molecule has 5 rings (SSSR count). The first-order chi connectivity index (χ1) is 21.2. The maximum atomic E-state index is 13.5. The van der Waals surface area contributed by atoms with Gasteiger partial charge in [-0.25, -0.2) is 9.69 Å². The second kappa shape index (κ2) is 13.7. The molecule has 10 heteroatoms. The molecule has 44 heavy (non-hydrogen) atoms. The zero-order valence-electron chi connectivity index (χ0n) is 23.9. The summed E-state index contributed by atoms with van der Waals surface area (Å²) < 4.78 is 17.9. The fourth-order valence-electron chi connectivity index (χ4n) is 4.54. The number of carbonyl (C=O) groups excluding carboxylic acids is 3. The van der Waals surface area contributed by atoms with Crippen molar-refractivity contribution >= 4 is 52.8 Å². The minimum atomic E-state index is -0.869. The zero-order chi connectivity index (χ0) is 31.2. The number of nitrogens with one attached hydrogen (secondary N) is 1. The van der Waals surface area contributed by atoms with Gasteiger partial charge in [0.05, 0.1) is 12.3 Å². The minimum absolute atomic E-state index is 0.142. The van der Waals surface area contributed by atoms with Gasteiger partial charge in [0.1, 0.15) is 24.5 Å². The van der Waals surface area contributed by atoms with Gasteiger partial charge >= 0.3 is 6.03 Å². The van der Waals surface area contributed by atoms with Crippen LogP contribution in [-0.2, 0) is 22.8 Å². The van der Waals surface area contributed by atoms with Gasteiger partial charge in [-0.1, -0.05) is 65.7 Å². The maximum absolute atomic E-state index is 13.5. The highest BCUT2D eigenvalue weighted by Crippen LogP contribution is 2.33. The maximum Gasteiger partial charge on any atom is 0.335 e. The number of ether oxygens (including phenoxy) is 3. The number of urea groups is 1. The predicted molar refractivity (Wildman–Crippen MR) is 169 cm³/mol. The number of anilines is 1. The molecule has 0 saturated carbocycles. The lowest BCUT2D eigenvalue weighted by molar-refractivity contribution is -0.122. The van der Waals surface area contributed by atoms with Crippen molar-refractivity contribution in [1.29, 1.82) is 0 Å². The number of barbiturate groups is 1. The molecule has 0 aromatic heterocycles. The van der Waals surface area contributed by atoms with Crippen LogP contribution >= 0.6 is 23.2 Å². The number of carbonyl (C=O) groups is 3. The molecule has 4 aromatic rings. The van der Waals surface area contributed by atoms with Crippen LogP contribution in [0, 0.1) is 6.92 Å². The Morgan fingerprint density at radius 2 is 1.43 bits per heavy atom. The molecule has 1 aliphatic rings. The topological polar surface area (TPSA) is 94.2 Å².